The Labute approximate surface area is 112 Å². The van der Waals surface area contributed by atoms with Crippen LogP contribution in [0.2, 0.25) is 0 Å². The molecule has 5 heteroatoms. The van der Waals surface area contributed by atoms with Crippen LogP contribution in [0.5, 0.6) is 0 Å². The van der Waals surface area contributed by atoms with E-state index in [9.17, 15) is 9.90 Å². The highest BCUT2D eigenvalue weighted by Crippen LogP contribution is 2.25. The van der Waals surface area contributed by atoms with E-state index in [0.29, 0.717) is 26.1 Å². The second kappa shape index (κ2) is 4.83. The molecule has 0 bridgehead atoms. The van der Waals surface area contributed by atoms with Gasteiger partial charge in [0.05, 0.1) is 6.61 Å². The van der Waals surface area contributed by atoms with Crippen LogP contribution in [0.3, 0.4) is 0 Å². The summed E-state index contributed by atoms with van der Waals surface area (Å²) in [5.41, 5.74) is 1.28. The van der Waals surface area contributed by atoms with Crippen LogP contribution in [0.15, 0.2) is 24.3 Å². The normalized spacial score (nSPS) is 28.8. The molecule has 3 N–H and O–H groups in total. The fraction of sp³-hybridized carbons (Fsp3) is 0.500. The molecule has 0 spiro atoms. The van der Waals surface area contributed by atoms with Gasteiger partial charge >= 0.3 is 0 Å². The summed E-state index contributed by atoms with van der Waals surface area (Å²) in [7, 11) is 0. The molecule has 2 heterocycles. The van der Waals surface area contributed by atoms with Gasteiger partial charge in [-0.3, -0.25) is 4.79 Å². The summed E-state index contributed by atoms with van der Waals surface area (Å²) in [6.45, 7) is 1.10. The molecule has 19 heavy (non-hydrogen) atoms. The maximum atomic E-state index is 12.1. The number of carbonyl (C=O) groups excluding carboxylic acids is 1. The summed E-state index contributed by atoms with van der Waals surface area (Å²) in [5.74, 6) is -0.0727. The van der Waals surface area contributed by atoms with Gasteiger partial charge in [-0.2, -0.15) is 0 Å². The molecular weight excluding hydrogens is 244 g/mol. The van der Waals surface area contributed by atoms with Crippen LogP contribution >= 0.6 is 0 Å². The van der Waals surface area contributed by atoms with Gasteiger partial charge in [0.1, 0.15) is 11.6 Å². The van der Waals surface area contributed by atoms with E-state index in [0.717, 1.165) is 11.3 Å². The van der Waals surface area contributed by atoms with Crippen molar-refractivity contribution in [3.63, 3.8) is 0 Å². The third-order valence-electron chi connectivity index (χ3n) is 3.76. The number of nitrogens with one attached hydrogen (secondary N) is 2. The van der Waals surface area contributed by atoms with Gasteiger partial charge in [-0.25, -0.2) is 0 Å². The lowest BCUT2D eigenvalue weighted by atomic mass is 10.0. The summed E-state index contributed by atoms with van der Waals surface area (Å²) in [5, 5.41) is 16.1. The third-order valence-corrected chi connectivity index (χ3v) is 3.76. The number of hydrogen-bond donors (Lipinski definition) is 3. The van der Waals surface area contributed by atoms with Gasteiger partial charge < -0.3 is 20.5 Å². The minimum atomic E-state index is -0.902. The lowest BCUT2D eigenvalue weighted by Crippen LogP contribution is -2.47. The van der Waals surface area contributed by atoms with Gasteiger partial charge in [-0.15, -0.1) is 0 Å². The molecule has 0 radical (unpaired) electrons. The molecular formula is C14H18N2O3. The molecule has 0 aliphatic carbocycles. The number of aliphatic hydroxyl groups is 1. The number of benzene rings is 1. The standard InChI is InChI=1S/C14H18N2O3/c17-13(15-8-14(18)5-6-19-9-14)12-7-10-3-1-2-4-11(10)16-12/h1-4,12,16,18H,5-9H2,(H,15,17)/t12-,14?/m0/s1. The zero-order chi connectivity index (χ0) is 13.3. The first-order chi connectivity index (χ1) is 9.16. The molecule has 1 unspecified atom stereocenters. The minimum absolute atomic E-state index is 0.0727. The average Bonchev–Trinajstić information content (AvgIpc) is 3.02. The lowest BCUT2D eigenvalue weighted by molar-refractivity contribution is -0.123. The molecule has 2 aliphatic rings. The number of amides is 1. The fourth-order valence-corrected chi connectivity index (χ4v) is 2.57. The van der Waals surface area contributed by atoms with E-state index in [4.69, 9.17) is 4.74 Å². The molecule has 3 rings (SSSR count). The van der Waals surface area contributed by atoms with Crippen molar-refractivity contribution in [1.82, 2.24) is 5.32 Å². The Bertz CT molecular complexity index is 458. The van der Waals surface area contributed by atoms with E-state index < -0.39 is 5.60 Å². The predicted octanol–water partition coefficient (Wildman–Crippen LogP) is 0.291. The van der Waals surface area contributed by atoms with Crippen molar-refractivity contribution < 1.29 is 14.6 Å². The molecule has 1 aromatic rings. The van der Waals surface area contributed by atoms with Crippen LogP contribution in [0.25, 0.3) is 0 Å². The maximum absolute atomic E-state index is 12.1. The SMILES string of the molecule is O=C(NCC1(O)CCOC1)[C@@H]1Cc2ccccc2N1. The first-order valence-corrected chi connectivity index (χ1v) is 6.59. The predicted molar refractivity (Wildman–Crippen MR) is 71.0 cm³/mol. The highest BCUT2D eigenvalue weighted by atomic mass is 16.5. The van der Waals surface area contributed by atoms with E-state index in [2.05, 4.69) is 10.6 Å². The van der Waals surface area contributed by atoms with Crippen LogP contribution in [0, 0.1) is 0 Å². The van der Waals surface area contributed by atoms with Crippen molar-refractivity contribution >= 4 is 11.6 Å². The largest absolute Gasteiger partial charge is 0.386 e. The molecule has 5 nitrogen and oxygen atoms in total. The summed E-state index contributed by atoms with van der Waals surface area (Å²) in [6.07, 6.45) is 1.27. The zero-order valence-corrected chi connectivity index (χ0v) is 10.7. The van der Waals surface area contributed by atoms with Gasteiger partial charge in [-0.05, 0) is 11.6 Å². The third kappa shape index (κ3) is 2.57. The second-order valence-corrected chi connectivity index (χ2v) is 5.30. The average molecular weight is 262 g/mol. The number of ether oxygens (including phenoxy) is 1. The first-order valence-electron chi connectivity index (χ1n) is 6.59. The van der Waals surface area contributed by atoms with Crippen LogP contribution < -0.4 is 10.6 Å². The molecule has 0 aromatic heterocycles. The summed E-state index contributed by atoms with van der Waals surface area (Å²) in [6, 6.07) is 7.67. The number of fused-ring (bicyclic) bond motifs is 1. The first kappa shape index (κ1) is 12.4. The van der Waals surface area contributed by atoms with Gasteiger partial charge in [0.15, 0.2) is 0 Å². The Hall–Kier alpha value is -1.59. The van der Waals surface area contributed by atoms with E-state index in [1.165, 1.54) is 0 Å². The van der Waals surface area contributed by atoms with E-state index in [1.54, 1.807) is 0 Å². The minimum Gasteiger partial charge on any atom is -0.386 e. The number of hydrogen-bond acceptors (Lipinski definition) is 4. The number of carbonyl (C=O) groups is 1. The van der Waals surface area contributed by atoms with Crippen molar-refractivity contribution in [3.05, 3.63) is 29.8 Å². The molecule has 2 aliphatic heterocycles. The number of anilines is 1. The zero-order valence-electron chi connectivity index (χ0n) is 10.7. The van der Waals surface area contributed by atoms with Gasteiger partial charge in [0, 0.05) is 31.7 Å². The highest BCUT2D eigenvalue weighted by Gasteiger charge is 2.34. The van der Waals surface area contributed by atoms with Crippen molar-refractivity contribution in [3.8, 4) is 0 Å². The Morgan fingerprint density at radius 3 is 3.11 bits per heavy atom. The van der Waals surface area contributed by atoms with Crippen molar-refractivity contribution in [2.75, 3.05) is 25.1 Å². The monoisotopic (exact) mass is 262 g/mol. The summed E-state index contributed by atoms with van der Waals surface area (Å²) < 4.78 is 5.15. The van der Waals surface area contributed by atoms with Crippen molar-refractivity contribution in [2.45, 2.75) is 24.5 Å². The molecule has 1 fully saturated rings. The van der Waals surface area contributed by atoms with Crippen molar-refractivity contribution in [1.29, 1.82) is 0 Å². The van der Waals surface area contributed by atoms with Gasteiger partial charge in [0.2, 0.25) is 5.91 Å². The van der Waals surface area contributed by atoms with Crippen LogP contribution in [-0.2, 0) is 16.0 Å². The second-order valence-electron chi connectivity index (χ2n) is 5.30. The van der Waals surface area contributed by atoms with Crippen LogP contribution in [-0.4, -0.2) is 42.4 Å². The van der Waals surface area contributed by atoms with Crippen LogP contribution in [0.1, 0.15) is 12.0 Å². The lowest BCUT2D eigenvalue weighted by Gasteiger charge is -2.22. The van der Waals surface area contributed by atoms with E-state index in [-0.39, 0.29) is 18.5 Å². The quantitative estimate of drug-likeness (QED) is 0.732. The van der Waals surface area contributed by atoms with Crippen LogP contribution in [0.4, 0.5) is 5.69 Å². The van der Waals surface area contributed by atoms with Gasteiger partial charge in [-0.1, -0.05) is 18.2 Å². The highest BCUT2D eigenvalue weighted by molar-refractivity contribution is 5.87. The molecule has 102 valence electrons. The maximum Gasteiger partial charge on any atom is 0.242 e. The molecule has 2 atom stereocenters. The fourth-order valence-electron chi connectivity index (χ4n) is 2.57. The topological polar surface area (TPSA) is 70.6 Å². The Morgan fingerprint density at radius 2 is 2.37 bits per heavy atom. The van der Waals surface area contributed by atoms with Gasteiger partial charge in [0.25, 0.3) is 0 Å². The molecule has 1 aromatic carbocycles. The number of para-hydroxylation sites is 1. The molecule has 1 amide bonds. The van der Waals surface area contributed by atoms with Crippen molar-refractivity contribution in [2.24, 2.45) is 0 Å². The molecule has 1 saturated heterocycles. The van der Waals surface area contributed by atoms with E-state index >= 15 is 0 Å². The molecule has 0 saturated carbocycles. The number of rotatable bonds is 3. The summed E-state index contributed by atoms with van der Waals surface area (Å²) >= 11 is 0. The Kier molecular flexibility index (Phi) is 3.16. The Balaban J connectivity index is 1.55. The summed E-state index contributed by atoms with van der Waals surface area (Å²) in [4.78, 5) is 12.1. The smallest absolute Gasteiger partial charge is 0.242 e. The van der Waals surface area contributed by atoms with E-state index in [1.807, 2.05) is 24.3 Å². The Morgan fingerprint density at radius 1 is 1.53 bits per heavy atom.